The first kappa shape index (κ1) is 9.21. The van der Waals surface area contributed by atoms with Crippen LogP contribution in [-0.4, -0.2) is 12.6 Å². The average Bonchev–Trinajstić information content (AvgIpc) is 1.89. The molecule has 57 valence electrons. The van der Waals surface area contributed by atoms with Gasteiger partial charge in [0, 0.05) is 6.08 Å². The normalized spacial score (nSPS) is 10.2. The standard InChI is InChI=1S/C8H13O2/c1-3-5-7-10-8(9)6-4-2/h4,6H,1,3,5,7H2,2H3/p+2. The lowest BCUT2D eigenvalue weighted by molar-refractivity contribution is -0.137. The molecule has 0 aromatic carbocycles. The molecule has 0 aliphatic rings. The van der Waals surface area contributed by atoms with Crippen LogP contribution in [0.5, 0.6) is 0 Å². The third-order valence-electron chi connectivity index (χ3n) is 0.941. The molecule has 0 N–H and O–H groups in total. The van der Waals surface area contributed by atoms with Gasteiger partial charge < -0.3 is 4.74 Å². The predicted octanol–water partition coefficient (Wildman–Crippen LogP) is 1.94. The topological polar surface area (TPSA) is 26.3 Å². The quantitative estimate of drug-likeness (QED) is 0.341. The molecule has 0 aromatic rings. The predicted molar refractivity (Wildman–Crippen MR) is 42.6 cm³/mol. The number of allylic oxidation sites excluding steroid dienone is 1. The Morgan fingerprint density at radius 1 is 1.80 bits per heavy atom. The summed E-state index contributed by atoms with van der Waals surface area (Å²) in [5.74, 6) is -0.268. The van der Waals surface area contributed by atoms with Crippen LogP contribution in [-0.2, 0) is 9.53 Å². The van der Waals surface area contributed by atoms with Gasteiger partial charge in [-0.05, 0) is 13.3 Å². The molecule has 0 spiro atoms. The van der Waals surface area contributed by atoms with Gasteiger partial charge in [0.1, 0.15) is 0 Å². The Morgan fingerprint density at radius 3 is 3.00 bits per heavy atom. The molecule has 10 heavy (non-hydrogen) atoms. The molecule has 0 bridgehead atoms. The Labute approximate surface area is 64.8 Å². The molecular weight excluding hydrogens is 128 g/mol. The molecule has 2 nitrogen and oxygen atoms in total. The van der Waals surface area contributed by atoms with Crippen LogP contribution in [0.25, 0.3) is 0 Å². The summed E-state index contributed by atoms with van der Waals surface area (Å²) in [5, 5.41) is 0. The van der Waals surface area contributed by atoms with Gasteiger partial charge in [-0.15, -0.1) is 0 Å². The monoisotopic (exact) mass is 143 g/mol. The highest BCUT2D eigenvalue weighted by atomic mass is 16.5. The fourth-order valence-electron chi connectivity index (χ4n) is 0.459. The largest absolute Gasteiger partial charge is 1.00 e. The third-order valence-corrected chi connectivity index (χ3v) is 0.941. The Kier molecular flexibility index (Phi) is 5.83. The second-order valence-electron chi connectivity index (χ2n) is 1.87. The average molecular weight is 143 g/mol. The van der Waals surface area contributed by atoms with Gasteiger partial charge in [-0.1, -0.05) is 19.4 Å². The highest BCUT2D eigenvalue weighted by Gasteiger charge is 1.92. The zero-order valence-corrected chi connectivity index (χ0v) is 6.30. The zero-order chi connectivity index (χ0) is 7.82. The summed E-state index contributed by atoms with van der Waals surface area (Å²) >= 11 is 0. The van der Waals surface area contributed by atoms with Crippen LogP contribution in [0.15, 0.2) is 12.2 Å². The van der Waals surface area contributed by atoms with E-state index in [-0.39, 0.29) is 8.82 Å². The van der Waals surface area contributed by atoms with Crippen molar-refractivity contribution in [1.29, 1.82) is 0 Å². The van der Waals surface area contributed by atoms with E-state index in [0.29, 0.717) is 6.61 Å². The minimum absolute atomic E-state index is 0. The first-order valence-corrected chi connectivity index (χ1v) is 3.40. The van der Waals surface area contributed by atoms with Gasteiger partial charge >= 0.3 is 8.82 Å². The first-order valence-electron chi connectivity index (χ1n) is 3.40. The van der Waals surface area contributed by atoms with E-state index in [9.17, 15) is 4.79 Å². The van der Waals surface area contributed by atoms with Crippen LogP contribution in [0.1, 0.15) is 22.6 Å². The van der Waals surface area contributed by atoms with E-state index in [1.165, 1.54) is 6.08 Å². The number of hydrogen-bond acceptors (Lipinski definition) is 2. The van der Waals surface area contributed by atoms with Crippen LogP contribution >= 0.6 is 0 Å². The highest BCUT2D eigenvalue weighted by molar-refractivity contribution is 5.81. The molecule has 0 saturated heterocycles. The fourth-order valence-corrected chi connectivity index (χ4v) is 0.459. The van der Waals surface area contributed by atoms with Crippen LogP contribution in [0.3, 0.4) is 0 Å². The summed E-state index contributed by atoms with van der Waals surface area (Å²) < 4.78 is 4.76. The number of carbonyl (C=O) groups excluding carboxylic acids is 1. The molecular formula is C8H15O2+2. The van der Waals surface area contributed by atoms with E-state index in [1.807, 2.05) is 0 Å². The molecule has 0 amide bonds. The maximum atomic E-state index is 10.6. The lowest BCUT2D eigenvalue weighted by Crippen LogP contribution is -2.01. The number of rotatable bonds is 4. The molecule has 0 saturated carbocycles. The van der Waals surface area contributed by atoms with E-state index in [1.54, 1.807) is 13.0 Å². The molecule has 0 rings (SSSR count). The number of unbranched alkanes of at least 4 members (excludes halogenated alkanes) is 1. The van der Waals surface area contributed by atoms with E-state index in [2.05, 4.69) is 6.92 Å². The van der Waals surface area contributed by atoms with Crippen molar-refractivity contribution in [3.8, 4) is 0 Å². The van der Waals surface area contributed by atoms with E-state index >= 15 is 0 Å². The smallest absolute Gasteiger partial charge is 0.463 e. The molecule has 0 aliphatic carbocycles. The minimum atomic E-state index is -0.268. The van der Waals surface area contributed by atoms with E-state index in [4.69, 9.17) is 4.74 Å². The Balaban J connectivity index is -0.000000405. The Morgan fingerprint density at radius 2 is 2.50 bits per heavy atom. The summed E-state index contributed by atoms with van der Waals surface area (Å²) in [4.78, 5) is 10.6. The summed E-state index contributed by atoms with van der Waals surface area (Å²) in [5.41, 5.74) is 0. The number of ether oxygens (including phenoxy) is 1. The zero-order valence-electron chi connectivity index (χ0n) is 8.30. The fraction of sp³-hybridized carbons (Fsp3) is 0.500. The van der Waals surface area contributed by atoms with Gasteiger partial charge in [0.25, 0.3) is 0 Å². The number of hydrogen-bond donors (Lipinski definition) is 0. The van der Waals surface area contributed by atoms with Gasteiger partial charge in [0.2, 0.25) is 0 Å². The summed E-state index contributed by atoms with van der Waals surface area (Å²) in [6.07, 6.45) is 4.71. The van der Waals surface area contributed by atoms with Crippen molar-refractivity contribution in [2.24, 2.45) is 0 Å². The molecule has 2 heteroatoms. The number of esters is 1. The third kappa shape index (κ3) is 5.35. The SMILES string of the molecule is [CH2]CCCOC(=O)C=CC.[H+].[H+]. The summed E-state index contributed by atoms with van der Waals surface area (Å²) in [6, 6.07) is 0. The van der Waals surface area contributed by atoms with Gasteiger partial charge in [0.05, 0.1) is 6.61 Å². The minimum Gasteiger partial charge on any atom is -0.463 e. The van der Waals surface area contributed by atoms with Gasteiger partial charge in [-0.2, -0.15) is 0 Å². The maximum absolute atomic E-state index is 10.6. The summed E-state index contributed by atoms with van der Waals surface area (Å²) in [6.45, 7) is 5.88. The van der Waals surface area contributed by atoms with Crippen molar-refractivity contribution < 1.29 is 12.4 Å². The molecule has 0 atom stereocenters. The van der Waals surface area contributed by atoms with Crippen molar-refractivity contribution in [1.82, 2.24) is 0 Å². The Bertz CT molecular complexity index is 124. The second-order valence-corrected chi connectivity index (χ2v) is 1.87. The molecule has 0 fully saturated rings. The maximum Gasteiger partial charge on any atom is 1.00 e. The van der Waals surface area contributed by atoms with Crippen molar-refractivity contribution in [3.63, 3.8) is 0 Å². The van der Waals surface area contributed by atoms with Gasteiger partial charge in [0.15, 0.2) is 0 Å². The molecule has 0 unspecified atom stereocenters. The molecule has 1 radical (unpaired) electrons. The van der Waals surface area contributed by atoms with Crippen molar-refractivity contribution in [2.75, 3.05) is 6.61 Å². The number of carbonyl (C=O) groups is 1. The lowest BCUT2D eigenvalue weighted by Gasteiger charge is -1.97. The van der Waals surface area contributed by atoms with E-state index < -0.39 is 0 Å². The summed E-state index contributed by atoms with van der Waals surface area (Å²) in [7, 11) is 0. The van der Waals surface area contributed by atoms with Crippen molar-refractivity contribution in [2.45, 2.75) is 19.8 Å². The van der Waals surface area contributed by atoms with Crippen LogP contribution in [0, 0.1) is 6.92 Å². The van der Waals surface area contributed by atoms with E-state index in [0.717, 1.165) is 12.8 Å². The molecule has 0 aliphatic heterocycles. The van der Waals surface area contributed by atoms with Crippen LogP contribution < -0.4 is 0 Å². The second kappa shape index (κ2) is 6.33. The first-order chi connectivity index (χ1) is 4.81. The molecule has 0 aromatic heterocycles. The highest BCUT2D eigenvalue weighted by Crippen LogP contribution is 1.88. The van der Waals surface area contributed by atoms with Crippen molar-refractivity contribution in [3.05, 3.63) is 19.1 Å². The van der Waals surface area contributed by atoms with Crippen molar-refractivity contribution >= 4 is 5.97 Å². The van der Waals surface area contributed by atoms with Gasteiger partial charge in [-0.25, -0.2) is 4.79 Å². The van der Waals surface area contributed by atoms with Crippen LogP contribution in [0.4, 0.5) is 0 Å². The van der Waals surface area contributed by atoms with Gasteiger partial charge in [-0.3, -0.25) is 0 Å². The van der Waals surface area contributed by atoms with Crippen LogP contribution in [0.2, 0.25) is 0 Å². The molecule has 0 heterocycles. The lowest BCUT2D eigenvalue weighted by atomic mass is 10.4. The Hall–Kier alpha value is -0.790.